The van der Waals surface area contributed by atoms with Crippen LogP contribution in [0, 0.1) is 0 Å². The number of hydrazine groups is 1. The molecule has 0 aliphatic heterocycles. The molecule has 0 radical (unpaired) electrons. The maximum Gasteiger partial charge on any atom is 0.305 e. The van der Waals surface area contributed by atoms with Crippen molar-refractivity contribution in [1.29, 1.82) is 0 Å². The highest BCUT2D eigenvalue weighted by molar-refractivity contribution is 7.80. The average molecular weight is 406 g/mol. The molecule has 0 spiro atoms. The van der Waals surface area contributed by atoms with Gasteiger partial charge in [-0.05, 0) is 72.9 Å². The van der Waals surface area contributed by atoms with Gasteiger partial charge in [0.1, 0.15) is 5.76 Å². The fourth-order valence-corrected chi connectivity index (χ4v) is 2.52. The van der Waals surface area contributed by atoms with Crippen molar-refractivity contribution in [1.82, 2.24) is 10.9 Å². The lowest BCUT2D eigenvalue weighted by Gasteiger charge is -2.10. The van der Waals surface area contributed by atoms with Gasteiger partial charge in [-0.1, -0.05) is 23.2 Å². The summed E-state index contributed by atoms with van der Waals surface area (Å²) in [6.07, 6.45) is 0. The monoisotopic (exact) mass is 405 g/mol. The quantitative estimate of drug-likeness (QED) is 0.427. The number of halogens is 2. The van der Waals surface area contributed by atoms with Gasteiger partial charge in [-0.3, -0.25) is 15.6 Å². The van der Waals surface area contributed by atoms with Crippen molar-refractivity contribution >= 4 is 52.1 Å². The first-order chi connectivity index (χ1) is 12.5. The van der Waals surface area contributed by atoms with E-state index in [1.54, 1.807) is 48.5 Å². The second-order valence-corrected chi connectivity index (χ2v) is 6.49. The van der Waals surface area contributed by atoms with Gasteiger partial charge < -0.3 is 9.73 Å². The van der Waals surface area contributed by atoms with Crippen molar-refractivity contribution < 1.29 is 9.21 Å². The minimum atomic E-state index is -0.453. The van der Waals surface area contributed by atoms with Crippen molar-refractivity contribution in [2.75, 3.05) is 5.32 Å². The van der Waals surface area contributed by atoms with Gasteiger partial charge in [0, 0.05) is 21.3 Å². The number of amides is 1. The molecule has 0 aliphatic rings. The van der Waals surface area contributed by atoms with Crippen LogP contribution in [0.1, 0.15) is 10.6 Å². The molecular formula is C18H13Cl2N3O2S. The Hall–Kier alpha value is -2.54. The van der Waals surface area contributed by atoms with Crippen molar-refractivity contribution in [3.63, 3.8) is 0 Å². The van der Waals surface area contributed by atoms with E-state index < -0.39 is 5.91 Å². The number of hydrogen-bond donors (Lipinski definition) is 3. The van der Waals surface area contributed by atoms with E-state index in [0.29, 0.717) is 15.8 Å². The van der Waals surface area contributed by atoms with Crippen LogP contribution in [0.3, 0.4) is 0 Å². The van der Waals surface area contributed by atoms with Gasteiger partial charge in [0.25, 0.3) is 0 Å². The number of carbonyl (C=O) groups excluding carboxylic acids is 1. The summed E-state index contributed by atoms with van der Waals surface area (Å²) in [5, 5.41) is 4.39. The lowest BCUT2D eigenvalue weighted by Crippen LogP contribution is -2.43. The Morgan fingerprint density at radius 1 is 0.846 bits per heavy atom. The third-order valence-electron chi connectivity index (χ3n) is 3.35. The zero-order valence-corrected chi connectivity index (χ0v) is 15.6. The van der Waals surface area contributed by atoms with Crippen molar-refractivity contribution in [2.45, 2.75) is 0 Å². The Morgan fingerprint density at radius 2 is 1.46 bits per heavy atom. The first-order valence-electron chi connectivity index (χ1n) is 7.50. The molecule has 1 heterocycles. The Morgan fingerprint density at radius 3 is 2.12 bits per heavy atom. The van der Waals surface area contributed by atoms with Gasteiger partial charge in [-0.25, -0.2) is 0 Å². The summed E-state index contributed by atoms with van der Waals surface area (Å²) in [6, 6.07) is 17.4. The summed E-state index contributed by atoms with van der Waals surface area (Å²) < 4.78 is 5.56. The number of rotatable bonds is 3. The molecule has 132 valence electrons. The van der Waals surface area contributed by atoms with Crippen molar-refractivity contribution in [3.8, 4) is 11.3 Å². The van der Waals surface area contributed by atoms with E-state index >= 15 is 0 Å². The highest BCUT2D eigenvalue weighted by Gasteiger charge is 2.12. The number of hydrogen-bond acceptors (Lipinski definition) is 3. The van der Waals surface area contributed by atoms with E-state index in [1.807, 2.05) is 12.1 Å². The smallest absolute Gasteiger partial charge is 0.305 e. The molecule has 2 aromatic carbocycles. The topological polar surface area (TPSA) is 66.3 Å². The molecule has 0 fully saturated rings. The number of furan rings is 1. The van der Waals surface area contributed by atoms with Crippen molar-refractivity contribution in [2.24, 2.45) is 0 Å². The zero-order valence-electron chi connectivity index (χ0n) is 13.3. The molecule has 0 atom stereocenters. The molecule has 3 N–H and O–H groups in total. The Bertz CT molecular complexity index is 924. The standard InChI is InChI=1S/C18H13Cl2N3O2S/c19-12-3-1-11(2-4-12)15-9-10-16(25-15)17(24)22-23-18(26)21-14-7-5-13(20)6-8-14/h1-10H,(H,22,24)(H2,21,23,26). The minimum absolute atomic E-state index is 0.150. The van der Waals surface area contributed by atoms with Gasteiger partial charge in [-0.2, -0.15) is 0 Å². The Balaban J connectivity index is 1.55. The van der Waals surface area contributed by atoms with E-state index in [4.69, 9.17) is 39.8 Å². The normalized spacial score (nSPS) is 10.2. The summed E-state index contributed by atoms with van der Waals surface area (Å²) in [5.74, 6) is 0.260. The summed E-state index contributed by atoms with van der Waals surface area (Å²) in [5.41, 5.74) is 6.64. The second-order valence-electron chi connectivity index (χ2n) is 5.21. The summed E-state index contributed by atoms with van der Waals surface area (Å²) >= 11 is 16.8. The molecule has 0 saturated heterocycles. The summed E-state index contributed by atoms with van der Waals surface area (Å²) in [4.78, 5) is 12.2. The molecule has 0 saturated carbocycles. The van der Waals surface area contributed by atoms with Crippen LogP contribution in [0.5, 0.6) is 0 Å². The van der Waals surface area contributed by atoms with Crippen LogP contribution in [0.2, 0.25) is 10.0 Å². The molecule has 5 nitrogen and oxygen atoms in total. The molecule has 26 heavy (non-hydrogen) atoms. The summed E-state index contributed by atoms with van der Waals surface area (Å²) in [7, 11) is 0. The van der Waals surface area contributed by atoms with Crippen LogP contribution >= 0.6 is 35.4 Å². The third kappa shape index (κ3) is 4.76. The van der Waals surface area contributed by atoms with E-state index in [0.717, 1.165) is 11.3 Å². The van der Waals surface area contributed by atoms with E-state index in [1.165, 1.54) is 0 Å². The minimum Gasteiger partial charge on any atom is -0.451 e. The predicted molar refractivity (Wildman–Crippen MR) is 107 cm³/mol. The van der Waals surface area contributed by atoms with Crippen LogP contribution in [-0.4, -0.2) is 11.0 Å². The number of benzene rings is 2. The zero-order chi connectivity index (χ0) is 18.5. The molecule has 0 unspecified atom stereocenters. The number of thiocarbonyl (C=S) groups is 1. The average Bonchev–Trinajstić information content (AvgIpc) is 3.12. The number of carbonyl (C=O) groups is 1. The molecule has 1 aromatic heterocycles. The molecule has 0 bridgehead atoms. The van der Waals surface area contributed by atoms with E-state index in [2.05, 4.69) is 16.2 Å². The fraction of sp³-hybridized carbons (Fsp3) is 0. The van der Waals surface area contributed by atoms with Crippen LogP contribution < -0.4 is 16.2 Å². The van der Waals surface area contributed by atoms with Crippen molar-refractivity contribution in [3.05, 3.63) is 76.5 Å². The Labute approximate surface area is 165 Å². The van der Waals surface area contributed by atoms with Crippen LogP contribution in [-0.2, 0) is 0 Å². The number of anilines is 1. The van der Waals surface area contributed by atoms with E-state index in [9.17, 15) is 4.79 Å². The first-order valence-corrected chi connectivity index (χ1v) is 8.66. The van der Waals surface area contributed by atoms with Gasteiger partial charge in [-0.15, -0.1) is 0 Å². The largest absolute Gasteiger partial charge is 0.451 e. The predicted octanol–water partition coefficient (Wildman–Crippen LogP) is 4.88. The van der Waals surface area contributed by atoms with E-state index in [-0.39, 0.29) is 10.9 Å². The maximum absolute atomic E-state index is 12.2. The lowest BCUT2D eigenvalue weighted by molar-refractivity contribution is 0.0917. The lowest BCUT2D eigenvalue weighted by atomic mass is 10.2. The van der Waals surface area contributed by atoms with Crippen LogP contribution in [0.15, 0.2) is 65.1 Å². The van der Waals surface area contributed by atoms with Gasteiger partial charge in [0.2, 0.25) is 0 Å². The van der Waals surface area contributed by atoms with Crippen LogP contribution in [0.4, 0.5) is 5.69 Å². The number of nitrogens with one attached hydrogen (secondary N) is 3. The summed E-state index contributed by atoms with van der Waals surface area (Å²) in [6.45, 7) is 0. The Kier molecular flexibility index (Phi) is 5.78. The molecule has 1 amide bonds. The van der Waals surface area contributed by atoms with Gasteiger partial charge >= 0.3 is 5.91 Å². The SMILES string of the molecule is O=C(NNC(=S)Nc1ccc(Cl)cc1)c1ccc(-c2ccc(Cl)cc2)o1. The highest BCUT2D eigenvalue weighted by Crippen LogP contribution is 2.23. The van der Waals surface area contributed by atoms with Gasteiger partial charge in [0.15, 0.2) is 10.9 Å². The molecule has 3 aromatic rings. The highest BCUT2D eigenvalue weighted by atomic mass is 35.5. The first kappa shape index (κ1) is 18.3. The van der Waals surface area contributed by atoms with Gasteiger partial charge in [0.05, 0.1) is 0 Å². The molecule has 3 rings (SSSR count). The molecule has 0 aliphatic carbocycles. The maximum atomic E-state index is 12.2. The fourth-order valence-electron chi connectivity index (χ4n) is 2.10. The second kappa shape index (κ2) is 8.23. The van der Waals surface area contributed by atoms with Crippen LogP contribution in [0.25, 0.3) is 11.3 Å². The molecular weight excluding hydrogens is 393 g/mol. The molecule has 8 heteroatoms. The third-order valence-corrected chi connectivity index (χ3v) is 4.06.